The molecule has 1 aliphatic heterocycles. The molecule has 0 unspecified atom stereocenters. The number of nitrogens with one attached hydrogen (secondary N) is 1. The van der Waals surface area contributed by atoms with Crippen LogP contribution in [0.15, 0.2) is 36.4 Å². The molecule has 1 aromatic heterocycles. The number of benzene rings is 1. The van der Waals surface area contributed by atoms with Gasteiger partial charge in [0.2, 0.25) is 10.3 Å². The maximum Gasteiger partial charge on any atom is 0.268 e. The van der Waals surface area contributed by atoms with Crippen LogP contribution in [0.4, 0.5) is 10.3 Å². The van der Waals surface area contributed by atoms with Gasteiger partial charge in [-0.2, -0.15) is 5.26 Å². The van der Waals surface area contributed by atoms with Gasteiger partial charge in [-0.3, -0.25) is 10.1 Å². The Hall–Kier alpha value is -3.38. The number of carbonyl (C=O) groups excluding carboxylic acids is 1. The van der Waals surface area contributed by atoms with Crippen molar-refractivity contribution in [3.63, 3.8) is 0 Å². The first-order valence-electron chi connectivity index (χ1n) is 9.58. The molecule has 0 bridgehead atoms. The van der Waals surface area contributed by atoms with E-state index in [-0.39, 0.29) is 5.57 Å². The number of hydrogen-bond acceptors (Lipinski definition) is 8. The molecule has 0 radical (unpaired) electrons. The van der Waals surface area contributed by atoms with E-state index < -0.39 is 5.91 Å². The van der Waals surface area contributed by atoms with Crippen molar-refractivity contribution in [2.75, 3.05) is 37.0 Å². The number of nitriles is 1. The van der Waals surface area contributed by atoms with E-state index in [0.29, 0.717) is 28.8 Å². The summed E-state index contributed by atoms with van der Waals surface area (Å²) in [7, 11) is 1.52. The predicted octanol–water partition coefficient (Wildman–Crippen LogP) is 3.65. The van der Waals surface area contributed by atoms with Crippen molar-refractivity contribution < 1.29 is 14.3 Å². The van der Waals surface area contributed by atoms with E-state index in [2.05, 4.69) is 27.0 Å². The molecule has 3 rings (SSSR count). The lowest BCUT2D eigenvalue weighted by atomic mass is 10.1. The number of ether oxygens (including phenoxy) is 2. The number of piperidine rings is 1. The molecule has 2 heterocycles. The highest BCUT2D eigenvalue weighted by atomic mass is 32.1. The maximum absolute atomic E-state index is 12.6. The Labute approximate surface area is 179 Å². The third-order valence-electron chi connectivity index (χ3n) is 4.48. The lowest BCUT2D eigenvalue weighted by Crippen LogP contribution is -2.29. The summed E-state index contributed by atoms with van der Waals surface area (Å²) >= 11 is 1.31. The van der Waals surface area contributed by atoms with Gasteiger partial charge in [0, 0.05) is 13.1 Å². The van der Waals surface area contributed by atoms with Crippen LogP contribution in [0.2, 0.25) is 0 Å². The van der Waals surface area contributed by atoms with Gasteiger partial charge in [0.15, 0.2) is 11.5 Å². The molecule has 1 aromatic carbocycles. The first kappa shape index (κ1) is 21.3. The fourth-order valence-corrected chi connectivity index (χ4v) is 3.79. The molecule has 0 atom stereocenters. The van der Waals surface area contributed by atoms with E-state index in [1.807, 2.05) is 6.07 Å². The minimum absolute atomic E-state index is 0.0495. The monoisotopic (exact) mass is 425 g/mol. The number of nitrogens with zero attached hydrogens (tertiary/aromatic N) is 4. The minimum atomic E-state index is -0.537. The number of rotatable bonds is 8. The predicted molar refractivity (Wildman–Crippen MR) is 117 cm³/mol. The van der Waals surface area contributed by atoms with Crippen LogP contribution in [-0.4, -0.2) is 42.9 Å². The summed E-state index contributed by atoms with van der Waals surface area (Å²) in [5.41, 5.74) is 0.585. The van der Waals surface area contributed by atoms with Gasteiger partial charge in [0.05, 0.1) is 7.11 Å². The zero-order valence-electron chi connectivity index (χ0n) is 16.8. The summed E-state index contributed by atoms with van der Waals surface area (Å²) in [5, 5.41) is 21.5. The van der Waals surface area contributed by atoms with Crippen LogP contribution in [-0.2, 0) is 4.79 Å². The molecule has 156 valence electrons. The first-order chi connectivity index (χ1) is 14.6. The molecule has 1 amide bonds. The minimum Gasteiger partial charge on any atom is -0.493 e. The second kappa shape index (κ2) is 10.4. The second-order valence-corrected chi connectivity index (χ2v) is 7.53. The van der Waals surface area contributed by atoms with Crippen molar-refractivity contribution in [3.05, 3.63) is 42.0 Å². The Kier molecular flexibility index (Phi) is 7.40. The summed E-state index contributed by atoms with van der Waals surface area (Å²) in [5.74, 6) is 0.514. The summed E-state index contributed by atoms with van der Waals surface area (Å²) in [6.45, 7) is 5.85. The average Bonchev–Trinajstić information content (AvgIpc) is 3.25. The quantitative estimate of drug-likeness (QED) is 0.391. The summed E-state index contributed by atoms with van der Waals surface area (Å²) in [4.78, 5) is 14.7. The Bertz CT molecular complexity index is 973. The van der Waals surface area contributed by atoms with Gasteiger partial charge < -0.3 is 14.4 Å². The zero-order chi connectivity index (χ0) is 21.3. The van der Waals surface area contributed by atoms with Gasteiger partial charge in [-0.1, -0.05) is 30.1 Å². The van der Waals surface area contributed by atoms with Crippen LogP contribution < -0.4 is 19.7 Å². The molecule has 9 heteroatoms. The van der Waals surface area contributed by atoms with Crippen molar-refractivity contribution in [1.82, 2.24) is 10.2 Å². The number of carbonyl (C=O) groups is 1. The second-order valence-electron chi connectivity index (χ2n) is 6.57. The smallest absolute Gasteiger partial charge is 0.268 e. The number of methoxy groups -OCH3 is 1. The van der Waals surface area contributed by atoms with Crippen LogP contribution >= 0.6 is 11.3 Å². The largest absolute Gasteiger partial charge is 0.493 e. The normalized spacial score (nSPS) is 14.0. The molecular formula is C21H23N5O3S. The number of amides is 1. The number of hydrogen-bond donors (Lipinski definition) is 1. The fourth-order valence-electron chi connectivity index (χ4n) is 3.00. The molecule has 1 saturated heterocycles. The van der Waals surface area contributed by atoms with E-state index in [1.54, 1.807) is 24.3 Å². The molecule has 1 N–H and O–H groups in total. The third kappa shape index (κ3) is 5.36. The maximum atomic E-state index is 12.6. The van der Waals surface area contributed by atoms with Crippen LogP contribution in [0, 0.1) is 11.3 Å². The van der Waals surface area contributed by atoms with E-state index >= 15 is 0 Å². The fraction of sp³-hybridized carbons (Fsp3) is 0.333. The zero-order valence-corrected chi connectivity index (χ0v) is 17.6. The molecule has 0 aliphatic carbocycles. The van der Waals surface area contributed by atoms with E-state index in [0.717, 1.165) is 31.1 Å². The Morgan fingerprint density at radius 3 is 2.83 bits per heavy atom. The summed E-state index contributed by atoms with van der Waals surface area (Å²) < 4.78 is 10.8. The molecular weight excluding hydrogens is 402 g/mol. The van der Waals surface area contributed by atoms with Crippen LogP contribution in [0.1, 0.15) is 24.8 Å². The first-order valence-corrected chi connectivity index (χ1v) is 10.4. The highest BCUT2D eigenvalue weighted by Crippen LogP contribution is 2.30. The number of anilines is 2. The van der Waals surface area contributed by atoms with Crippen molar-refractivity contribution >= 4 is 33.6 Å². The molecule has 0 saturated carbocycles. The SMILES string of the molecule is C=CCOc1ccc(/C=C(/C#N)C(=O)Nc2nnc(N3CCCCC3)s2)cc1OC. The van der Waals surface area contributed by atoms with E-state index in [4.69, 9.17) is 9.47 Å². The van der Waals surface area contributed by atoms with Crippen LogP contribution in [0.5, 0.6) is 11.5 Å². The molecule has 0 spiro atoms. The van der Waals surface area contributed by atoms with Gasteiger partial charge >= 0.3 is 0 Å². The van der Waals surface area contributed by atoms with E-state index in [1.165, 1.54) is 30.9 Å². The van der Waals surface area contributed by atoms with E-state index in [9.17, 15) is 10.1 Å². The highest BCUT2D eigenvalue weighted by molar-refractivity contribution is 7.19. The summed E-state index contributed by atoms with van der Waals surface area (Å²) in [6, 6.07) is 7.09. The highest BCUT2D eigenvalue weighted by Gasteiger charge is 2.18. The molecule has 1 aliphatic rings. The topological polar surface area (TPSA) is 100 Å². The van der Waals surface area contributed by atoms with Gasteiger partial charge in [-0.25, -0.2) is 0 Å². The molecule has 30 heavy (non-hydrogen) atoms. The number of aromatic nitrogens is 2. The lowest BCUT2D eigenvalue weighted by molar-refractivity contribution is -0.112. The van der Waals surface area contributed by atoms with Crippen molar-refractivity contribution in [2.24, 2.45) is 0 Å². The molecule has 8 nitrogen and oxygen atoms in total. The van der Waals surface area contributed by atoms with Gasteiger partial charge in [0.25, 0.3) is 5.91 Å². The Morgan fingerprint density at radius 1 is 1.33 bits per heavy atom. The van der Waals surface area contributed by atoms with Crippen molar-refractivity contribution in [2.45, 2.75) is 19.3 Å². The summed E-state index contributed by atoms with van der Waals surface area (Å²) in [6.07, 6.45) is 6.60. The van der Waals surface area contributed by atoms with Gasteiger partial charge in [-0.15, -0.1) is 10.2 Å². The average molecular weight is 426 g/mol. The molecule has 1 fully saturated rings. The Balaban J connectivity index is 1.71. The van der Waals surface area contributed by atoms with Crippen molar-refractivity contribution in [1.29, 1.82) is 5.26 Å². The van der Waals surface area contributed by atoms with Gasteiger partial charge in [-0.05, 0) is 43.0 Å². The van der Waals surface area contributed by atoms with Crippen LogP contribution in [0.25, 0.3) is 6.08 Å². The van der Waals surface area contributed by atoms with Crippen LogP contribution in [0.3, 0.4) is 0 Å². The van der Waals surface area contributed by atoms with Gasteiger partial charge in [0.1, 0.15) is 18.2 Å². The Morgan fingerprint density at radius 2 is 2.13 bits per heavy atom. The third-order valence-corrected chi connectivity index (χ3v) is 5.38. The lowest BCUT2D eigenvalue weighted by Gasteiger charge is -2.25. The molecule has 2 aromatic rings. The van der Waals surface area contributed by atoms with Crippen molar-refractivity contribution in [3.8, 4) is 17.6 Å². The standard InChI is InChI=1S/C21H23N5O3S/c1-3-11-29-17-8-7-15(13-18(17)28-2)12-16(14-22)19(27)23-20-24-25-21(30-20)26-9-5-4-6-10-26/h3,7-8,12-13H,1,4-6,9-11H2,2H3,(H,23,24,27)/b16-12-.